The number of aromatic hydroxyl groups is 1. The summed E-state index contributed by atoms with van der Waals surface area (Å²) in [4.78, 5) is 15.0. The Morgan fingerprint density at radius 1 is 0.895 bits per heavy atom. The second-order valence-electron chi connectivity index (χ2n) is 9.91. The van der Waals surface area contributed by atoms with Crippen LogP contribution in [0.15, 0.2) is 73.2 Å². The molecule has 0 saturated carbocycles. The number of rotatable bonds is 5. The maximum Gasteiger partial charge on any atom is 0.181 e. The van der Waals surface area contributed by atoms with Crippen LogP contribution in [0.4, 0.5) is 4.39 Å². The number of H-pyrrole nitrogens is 2. The van der Waals surface area contributed by atoms with E-state index in [0.29, 0.717) is 11.2 Å². The van der Waals surface area contributed by atoms with Crippen LogP contribution in [0.2, 0.25) is 0 Å². The molecule has 1 aliphatic rings. The number of likely N-dealkylation sites (tertiary alicyclic amines) is 1. The summed E-state index contributed by atoms with van der Waals surface area (Å²) in [5.74, 6) is -0.588. The fourth-order valence-electron chi connectivity index (χ4n) is 5.46. The van der Waals surface area contributed by atoms with E-state index in [-0.39, 0.29) is 5.75 Å². The van der Waals surface area contributed by atoms with Crippen LogP contribution in [0.1, 0.15) is 18.4 Å². The van der Waals surface area contributed by atoms with Crippen LogP contribution < -0.4 is 0 Å². The molecule has 1 aliphatic heterocycles. The molecule has 6 aromatic rings. The number of hydrogen-bond acceptors (Lipinski definition) is 5. The van der Waals surface area contributed by atoms with Crippen LogP contribution in [0.5, 0.6) is 5.75 Å². The SMILES string of the molecule is Oc1cc(F)cc(-c2cccc3[nH]c(-c4[nH]nc5ncc(-c6cncc(CN7CCCC7)c6)cc45)cc23)c1. The molecule has 1 fully saturated rings. The van der Waals surface area contributed by atoms with Crippen molar-refractivity contribution < 1.29 is 9.50 Å². The molecule has 7 nitrogen and oxygen atoms in total. The van der Waals surface area contributed by atoms with E-state index in [1.54, 1.807) is 6.07 Å². The first-order valence-corrected chi connectivity index (χ1v) is 12.7. The quantitative estimate of drug-likeness (QED) is 0.257. The minimum absolute atomic E-state index is 0.107. The standard InChI is InChI=1S/C30H25FN6O/c31-22-9-19(10-23(38)12-22)24-4-3-5-27-25(24)13-28(34-27)29-26-11-21(16-33-30(26)36-35-29)20-8-18(14-32-15-20)17-37-6-1-2-7-37/h3-5,8-16,34,38H,1-2,6-7,17H2,(H,33,35,36). The van der Waals surface area contributed by atoms with Crippen LogP contribution in [0.25, 0.3) is 55.6 Å². The fraction of sp³-hybridized carbons (Fsp3) is 0.167. The number of phenolic OH excluding ortho intramolecular Hbond substituents is 1. The first-order valence-electron chi connectivity index (χ1n) is 12.7. The van der Waals surface area contributed by atoms with Crippen molar-refractivity contribution in [3.63, 3.8) is 0 Å². The number of nitrogens with zero attached hydrogens (tertiary/aromatic N) is 4. The van der Waals surface area contributed by atoms with Gasteiger partial charge in [-0.15, -0.1) is 0 Å². The van der Waals surface area contributed by atoms with Crippen LogP contribution in [0.3, 0.4) is 0 Å². The highest BCUT2D eigenvalue weighted by atomic mass is 19.1. The van der Waals surface area contributed by atoms with Crippen molar-refractivity contribution in [3.8, 4) is 39.4 Å². The van der Waals surface area contributed by atoms with E-state index in [0.717, 1.165) is 70.1 Å². The summed E-state index contributed by atoms with van der Waals surface area (Å²) in [5.41, 5.74) is 7.81. The maximum atomic E-state index is 14.0. The van der Waals surface area contributed by atoms with E-state index >= 15 is 0 Å². The third kappa shape index (κ3) is 4.09. The third-order valence-electron chi connectivity index (χ3n) is 7.27. The summed E-state index contributed by atoms with van der Waals surface area (Å²) >= 11 is 0. The third-order valence-corrected chi connectivity index (χ3v) is 7.27. The first-order chi connectivity index (χ1) is 18.6. The van der Waals surface area contributed by atoms with E-state index in [2.05, 4.69) is 42.2 Å². The molecule has 8 heteroatoms. The molecular weight excluding hydrogens is 479 g/mol. The van der Waals surface area contributed by atoms with Gasteiger partial charge in [-0.1, -0.05) is 12.1 Å². The molecule has 7 rings (SSSR count). The largest absolute Gasteiger partial charge is 0.508 e. The molecule has 0 amide bonds. The average molecular weight is 505 g/mol. The van der Waals surface area contributed by atoms with Crippen molar-refractivity contribution in [1.82, 2.24) is 30.0 Å². The lowest BCUT2D eigenvalue weighted by atomic mass is 10.0. The molecule has 0 radical (unpaired) electrons. The van der Waals surface area contributed by atoms with Crippen molar-refractivity contribution in [2.75, 3.05) is 13.1 Å². The van der Waals surface area contributed by atoms with Gasteiger partial charge in [-0.05, 0) is 79.0 Å². The summed E-state index contributed by atoms with van der Waals surface area (Å²) < 4.78 is 14.0. The van der Waals surface area contributed by atoms with Gasteiger partial charge < -0.3 is 10.1 Å². The van der Waals surface area contributed by atoms with E-state index in [1.807, 2.05) is 42.9 Å². The van der Waals surface area contributed by atoms with Gasteiger partial charge in [-0.2, -0.15) is 5.10 Å². The lowest BCUT2D eigenvalue weighted by molar-refractivity contribution is 0.331. The van der Waals surface area contributed by atoms with Crippen LogP contribution in [-0.4, -0.2) is 48.2 Å². The normalized spacial score (nSPS) is 14.1. The topological polar surface area (TPSA) is 93.7 Å². The minimum atomic E-state index is -0.482. The zero-order valence-electron chi connectivity index (χ0n) is 20.6. The molecule has 188 valence electrons. The predicted molar refractivity (Wildman–Crippen MR) is 146 cm³/mol. The molecule has 0 atom stereocenters. The number of aromatic amines is 2. The first kappa shape index (κ1) is 22.6. The van der Waals surface area contributed by atoms with Crippen molar-refractivity contribution in [2.45, 2.75) is 19.4 Å². The molecule has 0 bridgehead atoms. The van der Waals surface area contributed by atoms with Gasteiger partial charge in [0.2, 0.25) is 0 Å². The molecule has 38 heavy (non-hydrogen) atoms. The molecule has 1 saturated heterocycles. The Bertz CT molecular complexity index is 1780. The second-order valence-corrected chi connectivity index (χ2v) is 9.91. The highest BCUT2D eigenvalue weighted by molar-refractivity contribution is 6.01. The van der Waals surface area contributed by atoms with Gasteiger partial charge in [0.15, 0.2) is 5.65 Å². The van der Waals surface area contributed by atoms with Gasteiger partial charge in [0.1, 0.15) is 11.6 Å². The Kier molecular flexibility index (Phi) is 5.40. The molecule has 5 heterocycles. The Labute approximate surface area is 218 Å². The minimum Gasteiger partial charge on any atom is -0.508 e. The van der Waals surface area contributed by atoms with Gasteiger partial charge in [0, 0.05) is 58.6 Å². The number of nitrogens with one attached hydrogen (secondary N) is 2. The van der Waals surface area contributed by atoms with Gasteiger partial charge in [0.05, 0.1) is 11.4 Å². The number of benzene rings is 2. The molecule has 0 unspecified atom stereocenters. The Hall–Kier alpha value is -4.56. The van der Waals surface area contributed by atoms with Gasteiger partial charge in [-0.3, -0.25) is 15.0 Å². The Balaban J connectivity index is 1.28. The zero-order valence-corrected chi connectivity index (χ0v) is 20.6. The smallest absolute Gasteiger partial charge is 0.181 e. The molecule has 0 aliphatic carbocycles. The number of pyridine rings is 2. The van der Waals surface area contributed by atoms with E-state index in [4.69, 9.17) is 0 Å². The fourth-order valence-corrected chi connectivity index (χ4v) is 5.46. The molecular formula is C30H25FN6O. The van der Waals surface area contributed by atoms with Crippen LogP contribution in [0, 0.1) is 5.82 Å². The van der Waals surface area contributed by atoms with Gasteiger partial charge >= 0.3 is 0 Å². The molecule has 2 aromatic carbocycles. The van der Waals surface area contributed by atoms with Gasteiger partial charge in [0.25, 0.3) is 0 Å². The van der Waals surface area contributed by atoms with Crippen molar-refractivity contribution in [3.05, 3.63) is 84.6 Å². The number of hydrogen-bond donors (Lipinski definition) is 3. The highest BCUT2D eigenvalue weighted by Crippen LogP contribution is 2.36. The zero-order chi connectivity index (χ0) is 25.6. The van der Waals surface area contributed by atoms with Gasteiger partial charge in [-0.25, -0.2) is 9.37 Å². The Morgan fingerprint density at radius 3 is 2.63 bits per heavy atom. The van der Waals surface area contributed by atoms with E-state index in [1.165, 1.54) is 24.5 Å². The highest BCUT2D eigenvalue weighted by Gasteiger charge is 2.16. The van der Waals surface area contributed by atoms with E-state index < -0.39 is 5.82 Å². The summed E-state index contributed by atoms with van der Waals surface area (Å²) in [6, 6.07) is 16.2. The summed E-state index contributed by atoms with van der Waals surface area (Å²) in [7, 11) is 0. The monoisotopic (exact) mass is 504 g/mol. The van der Waals surface area contributed by atoms with Crippen LogP contribution in [-0.2, 0) is 6.54 Å². The predicted octanol–water partition coefficient (Wildman–Crippen LogP) is 6.28. The number of halogens is 1. The lowest BCUT2D eigenvalue weighted by Crippen LogP contribution is -2.18. The van der Waals surface area contributed by atoms with Crippen molar-refractivity contribution in [1.29, 1.82) is 0 Å². The summed E-state index contributed by atoms with van der Waals surface area (Å²) in [6.45, 7) is 3.19. The van der Waals surface area contributed by atoms with Crippen molar-refractivity contribution >= 4 is 21.9 Å². The maximum absolute atomic E-state index is 14.0. The Morgan fingerprint density at radius 2 is 1.76 bits per heavy atom. The molecule has 0 spiro atoms. The lowest BCUT2D eigenvalue weighted by Gasteiger charge is -2.14. The summed E-state index contributed by atoms with van der Waals surface area (Å²) in [5, 5.41) is 19.3. The second kappa shape index (κ2) is 9.08. The number of aromatic nitrogens is 5. The van der Waals surface area contributed by atoms with E-state index in [9.17, 15) is 9.50 Å². The summed E-state index contributed by atoms with van der Waals surface area (Å²) in [6.07, 6.45) is 8.17. The number of phenols is 1. The van der Waals surface area contributed by atoms with Crippen molar-refractivity contribution in [2.24, 2.45) is 0 Å². The number of fused-ring (bicyclic) bond motifs is 2. The van der Waals surface area contributed by atoms with Crippen LogP contribution >= 0.6 is 0 Å². The average Bonchev–Trinajstić information content (AvgIpc) is 3.67. The molecule has 4 aromatic heterocycles. The molecule has 3 N–H and O–H groups in total.